The second kappa shape index (κ2) is 15.4. The van der Waals surface area contributed by atoms with E-state index in [0.717, 1.165) is 116 Å². The fraction of sp³-hybridized carbons (Fsp3) is 0. The Bertz CT molecular complexity index is 3860. The van der Waals surface area contributed by atoms with E-state index in [1.807, 2.05) is 30.3 Å². The standard InChI is InChI=1S/C61H37N3O2/c1-3-13-38(14-4-1)40-25-29-42(30-26-40)59-62-60(43-31-27-41(28-32-43)39-15-5-2-6-16-39)64-61(63-59)50-36-35-48(46-17-7-8-18-47(46)50)49-21-12-24-55-58(49)52-34-33-44(37-56(52)66-55)45-20-11-23-54-57(45)51-19-9-10-22-53(51)65-54/h1-37H. The van der Waals surface area contributed by atoms with Gasteiger partial charge in [0.15, 0.2) is 17.5 Å². The van der Waals surface area contributed by atoms with Gasteiger partial charge in [0.1, 0.15) is 22.3 Å². The number of aromatic nitrogens is 3. The first-order valence-electron chi connectivity index (χ1n) is 22.2. The maximum atomic E-state index is 6.69. The van der Waals surface area contributed by atoms with Crippen LogP contribution in [0.1, 0.15) is 0 Å². The van der Waals surface area contributed by atoms with Crippen LogP contribution < -0.4 is 0 Å². The zero-order chi connectivity index (χ0) is 43.6. The average Bonchev–Trinajstić information content (AvgIpc) is 3.97. The summed E-state index contributed by atoms with van der Waals surface area (Å²) in [7, 11) is 0. The highest BCUT2D eigenvalue weighted by Crippen LogP contribution is 2.44. The molecule has 5 heteroatoms. The first-order chi connectivity index (χ1) is 32.7. The van der Waals surface area contributed by atoms with E-state index in [2.05, 4.69) is 194 Å². The summed E-state index contributed by atoms with van der Waals surface area (Å²) < 4.78 is 12.9. The summed E-state index contributed by atoms with van der Waals surface area (Å²) in [6.07, 6.45) is 0. The second-order valence-electron chi connectivity index (χ2n) is 16.7. The Hall–Kier alpha value is -8.93. The summed E-state index contributed by atoms with van der Waals surface area (Å²) in [4.78, 5) is 15.6. The molecule has 0 unspecified atom stereocenters. The lowest BCUT2D eigenvalue weighted by Gasteiger charge is -2.14. The number of para-hydroxylation sites is 1. The molecule has 0 bridgehead atoms. The van der Waals surface area contributed by atoms with Crippen molar-refractivity contribution in [3.05, 3.63) is 224 Å². The lowest BCUT2D eigenvalue weighted by atomic mass is 9.92. The molecule has 0 spiro atoms. The van der Waals surface area contributed by atoms with Gasteiger partial charge in [-0.3, -0.25) is 0 Å². The molecule has 0 aliphatic heterocycles. The van der Waals surface area contributed by atoms with Crippen molar-refractivity contribution in [2.45, 2.75) is 0 Å². The molecule has 0 radical (unpaired) electrons. The van der Waals surface area contributed by atoms with E-state index in [9.17, 15) is 0 Å². The number of hydrogen-bond acceptors (Lipinski definition) is 5. The Morgan fingerprint density at radius 3 is 1.29 bits per heavy atom. The number of hydrogen-bond donors (Lipinski definition) is 0. The molecule has 0 N–H and O–H groups in total. The molecule has 13 aromatic rings. The zero-order valence-electron chi connectivity index (χ0n) is 35.5. The van der Waals surface area contributed by atoms with Crippen molar-refractivity contribution >= 4 is 54.6 Å². The van der Waals surface area contributed by atoms with Crippen molar-refractivity contribution in [1.29, 1.82) is 0 Å². The molecule has 13 rings (SSSR count). The minimum Gasteiger partial charge on any atom is -0.456 e. The molecule has 0 saturated heterocycles. The van der Waals surface area contributed by atoms with Crippen LogP contribution in [0.4, 0.5) is 0 Å². The maximum Gasteiger partial charge on any atom is 0.164 e. The summed E-state index contributed by atoms with van der Waals surface area (Å²) in [6, 6.07) is 78.0. The predicted octanol–water partition coefficient (Wildman–Crippen LogP) is 16.5. The molecule has 0 aliphatic carbocycles. The molecule has 0 atom stereocenters. The maximum absolute atomic E-state index is 6.69. The zero-order valence-corrected chi connectivity index (χ0v) is 35.5. The Morgan fingerprint density at radius 1 is 0.227 bits per heavy atom. The molecule has 66 heavy (non-hydrogen) atoms. The van der Waals surface area contributed by atoms with Crippen LogP contribution in [0, 0.1) is 0 Å². The lowest BCUT2D eigenvalue weighted by molar-refractivity contribution is 0.668. The summed E-state index contributed by atoms with van der Waals surface area (Å²) >= 11 is 0. The average molecular weight is 844 g/mol. The first-order valence-corrected chi connectivity index (χ1v) is 22.2. The number of furan rings is 2. The first kappa shape index (κ1) is 37.6. The van der Waals surface area contributed by atoms with E-state index in [1.54, 1.807) is 0 Å². The lowest BCUT2D eigenvalue weighted by Crippen LogP contribution is -2.01. The van der Waals surface area contributed by atoms with E-state index < -0.39 is 0 Å². The normalized spacial score (nSPS) is 11.6. The Labute approximate surface area is 379 Å². The van der Waals surface area contributed by atoms with Crippen LogP contribution in [0.15, 0.2) is 233 Å². The van der Waals surface area contributed by atoms with E-state index >= 15 is 0 Å². The van der Waals surface area contributed by atoms with Crippen LogP contribution in [0.3, 0.4) is 0 Å². The van der Waals surface area contributed by atoms with Gasteiger partial charge in [-0.1, -0.05) is 188 Å². The van der Waals surface area contributed by atoms with Gasteiger partial charge in [0.05, 0.1) is 0 Å². The molecular weight excluding hydrogens is 807 g/mol. The fourth-order valence-corrected chi connectivity index (χ4v) is 9.60. The highest BCUT2D eigenvalue weighted by Gasteiger charge is 2.20. The molecular formula is C61H37N3O2. The van der Waals surface area contributed by atoms with Crippen molar-refractivity contribution in [3.8, 4) is 78.7 Å². The van der Waals surface area contributed by atoms with Crippen molar-refractivity contribution in [3.63, 3.8) is 0 Å². The Morgan fingerprint density at radius 2 is 0.652 bits per heavy atom. The molecule has 0 fully saturated rings. The SMILES string of the molecule is c1ccc(-c2ccc(-c3nc(-c4ccc(-c5ccccc5)cc4)nc(-c4ccc(-c5cccc6oc7cc(-c8cccc9oc%10ccccc%10c89)ccc7c56)c5ccccc45)n3)cc2)cc1. The fourth-order valence-electron chi connectivity index (χ4n) is 9.60. The minimum absolute atomic E-state index is 0.608. The van der Waals surface area contributed by atoms with E-state index in [4.69, 9.17) is 23.8 Å². The van der Waals surface area contributed by atoms with Crippen LogP contribution >= 0.6 is 0 Å². The molecule has 0 aliphatic rings. The number of benzene rings is 10. The van der Waals surface area contributed by atoms with Crippen LogP contribution in [-0.2, 0) is 0 Å². The van der Waals surface area contributed by atoms with Gasteiger partial charge in [-0.05, 0) is 91.7 Å². The number of fused-ring (bicyclic) bond motifs is 7. The highest BCUT2D eigenvalue weighted by molar-refractivity contribution is 6.18. The monoisotopic (exact) mass is 843 g/mol. The topological polar surface area (TPSA) is 65.0 Å². The summed E-state index contributed by atoms with van der Waals surface area (Å²) in [5.41, 5.74) is 15.1. The van der Waals surface area contributed by atoms with Crippen LogP contribution in [0.2, 0.25) is 0 Å². The minimum atomic E-state index is 0.608. The van der Waals surface area contributed by atoms with Crippen molar-refractivity contribution in [1.82, 2.24) is 15.0 Å². The van der Waals surface area contributed by atoms with Gasteiger partial charge in [0, 0.05) is 38.2 Å². The predicted molar refractivity (Wildman–Crippen MR) is 270 cm³/mol. The van der Waals surface area contributed by atoms with Gasteiger partial charge < -0.3 is 8.83 Å². The van der Waals surface area contributed by atoms with Gasteiger partial charge in [-0.2, -0.15) is 0 Å². The van der Waals surface area contributed by atoms with Gasteiger partial charge >= 0.3 is 0 Å². The van der Waals surface area contributed by atoms with Crippen LogP contribution in [0.5, 0.6) is 0 Å². The molecule has 5 nitrogen and oxygen atoms in total. The highest BCUT2D eigenvalue weighted by atomic mass is 16.3. The van der Waals surface area contributed by atoms with E-state index in [1.165, 1.54) is 0 Å². The van der Waals surface area contributed by atoms with Crippen molar-refractivity contribution in [2.75, 3.05) is 0 Å². The summed E-state index contributed by atoms with van der Waals surface area (Å²) in [6.45, 7) is 0. The van der Waals surface area contributed by atoms with Crippen molar-refractivity contribution < 1.29 is 8.83 Å². The van der Waals surface area contributed by atoms with Gasteiger partial charge in [0.2, 0.25) is 0 Å². The molecule has 308 valence electrons. The molecule has 0 amide bonds. The smallest absolute Gasteiger partial charge is 0.164 e. The Kier molecular flexibility index (Phi) is 8.78. The quantitative estimate of drug-likeness (QED) is 0.160. The summed E-state index contributed by atoms with van der Waals surface area (Å²) in [5, 5.41) is 6.48. The van der Waals surface area contributed by atoms with Gasteiger partial charge in [-0.25, -0.2) is 15.0 Å². The van der Waals surface area contributed by atoms with Crippen LogP contribution in [0.25, 0.3) is 133 Å². The second-order valence-corrected chi connectivity index (χ2v) is 16.7. The van der Waals surface area contributed by atoms with Gasteiger partial charge in [-0.15, -0.1) is 0 Å². The number of nitrogens with zero attached hydrogens (tertiary/aromatic N) is 3. The van der Waals surface area contributed by atoms with Crippen LogP contribution in [-0.4, -0.2) is 15.0 Å². The molecule has 0 saturated carbocycles. The van der Waals surface area contributed by atoms with E-state index in [-0.39, 0.29) is 0 Å². The summed E-state index contributed by atoms with van der Waals surface area (Å²) in [5.74, 6) is 1.83. The third-order valence-electron chi connectivity index (χ3n) is 12.8. The van der Waals surface area contributed by atoms with Crippen molar-refractivity contribution in [2.24, 2.45) is 0 Å². The Balaban J connectivity index is 0.938. The third kappa shape index (κ3) is 6.36. The molecule has 10 aromatic carbocycles. The molecule has 3 heterocycles. The largest absolute Gasteiger partial charge is 0.456 e. The third-order valence-corrected chi connectivity index (χ3v) is 12.8. The number of rotatable bonds is 7. The van der Waals surface area contributed by atoms with Gasteiger partial charge in [0.25, 0.3) is 0 Å². The molecule has 3 aromatic heterocycles. The van der Waals surface area contributed by atoms with E-state index in [0.29, 0.717) is 17.5 Å².